The molecule has 148 valence electrons. The normalized spacial score (nSPS) is 14.1. The lowest BCUT2D eigenvalue weighted by atomic mass is 10.1. The molecule has 0 saturated carbocycles. The summed E-state index contributed by atoms with van der Waals surface area (Å²) >= 11 is 0. The summed E-state index contributed by atoms with van der Waals surface area (Å²) in [5.74, 6) is 1.08. The van der Waals surface area contributed by atoms with Crippen molar-refractivity contribution < 1.29 is 9.72 Å². The Labute approximate surface area is 165 Å². The van der Waals surface area contributed by atoms with E-state index in [1.807, 2.05) is 11.0 Å². The molecular weight excluding hydrogens is 376 g/mol. The quantitative estimate of drug-likeness (QED) is 0.478. The third kappa shape index (κ3) is 3.74. The lowest BCUT2D eigenvalue weighted by Gasteiger charge is -2.35. The molecule has 0 atom stereocenters. The largest absolute Gasteiger partial charge is 0.352 e. The van der Waals surface area contributed by atoms with Gasteiger partial charge in [-0.15, -0.1) is 10.2 Å². The van der Waals surface area contributed by atoms with E-state index in [4.69, 9.17) is 0 Å². The second-order valence-electron chi connectivity index (χ2n) is 6.63. The molecule has 1 aliphatic heterocycles. The molecule has 0 unspecified atom stereocenters. The zero-order valence-corrected chi connectivity index (χ0v) is 15.7. The highest BCUT2D eigenvalue weighted by molar-refractivity contribution is 5.95. The maximum Gasteiger partial charge on any atom is 0.273 e. The number of carbonyl (C=O) groups is 1. The van der Waals surface area contributed by atoms with E-state index in [-0.39, 0.29) is 11.6 Å². The van der Waals surface area contributed by atoms with Crippen LogP contribution in [0.4, 0.5) is 11.5 Å². The molecule has 0 N–H and O–H groups in total. The molecule has 11 heteroatoms. The first-order valence-electron chi connectivity index (χ1n) is 9.01. The Bertz CT molecular complexity index is 1030. The van der Waals surface area contributed by atoms with E-state index in [1.54, 1.807) is 36.4 Å². The van der Waals surface area contributed by atoms with Crippen LogP contribution in [-0.2, 0) is 0 Å². The van der Waals surface area contributed by atoms with Crippen molar-refractivity contribution in [2.75, 3.05) is 31.1 Å². The molecule has 0 bridgehead atoms. The van der Waals surface area contributed by atoms with Gasteiger partial charge in [0, 0.05) is 43.4 Å². The number of nitro groups is 1. The standard InChI is InChI=1S/C18H18N8O3/c1-13-2-3-14(10-15(13)26(28)29)18(27)24-8-6-23(7-9-24)16-4-5-17(22-21-16)25-12-19-11-20-25/h2-5,10-12H,6-9H2,1H3. The van der Waals surface area contributed by atoms with Crippen molar-refractivity contribution in [3.8, 4) is 5.82 Å². The van der Waals surface area contributed by atoms with Crippen molar-refractivity contribution >= 4 is 17.4 Å². The smallest absolute Gasteiger partial charge is 0.273 e. The highest BCUT2D eigenvalue weighted by Gasteiger charge is 2.24. The number of nitro benzene ring substituents is 1. The van der Waals surface area contributed by atoms with Crippen molar-refractivity contribution in [2.45, 2.75) is 6.92 Å². The molecule has 29 heavy (non-hydrogen) atoms. The van der Waals surface area contributed by atoms with E-state index < -0.39 is 4.92 Å². The van der Waals surface area contributed by atoms with E-state index in [9.17, 15) is 14.9 Å². The van der Waals surface area contributed by atoms with Crippen molar-refractivity contribution in [3.05, 3.63) is 64.2 Å². The maximum atomic E-state index is 12.7. The van der Waals surface area contributed by atoms with Crippen molar-refractivity contribution in [1.29, 1.82) is 0 Å². The number of carbonyl (C=O) groups excluding carboxylic acids is 1. The van der Waals surface area contributed by atoms with E-state index >= 15 is 0 Å². The van der Waals surface area contributed by atoms with E-state index in [0.717, 1.165) is 0 Å². The number of anilines is 1. The van der Waals surface area contributed by atoms with Crippen LogP contribution in [0, 0.1) is 17.0 Å². The molecular formula is C18H18N8O3. The lowest BCUT2D eigenvalue weighted by Crippen LogP contribution is -2.49. The van der Waals surface area contributed by atoms with Gasteiger partial charge in [0.15, 0.2) is 11.6 Å². The summed E-state index contributed by atoms with van der Waals surface area (Å²) in [7, 11) is 0. The minimum atomic E-state index is -0.467. The van der Waals surface area contributed by atoms with E-state index in [2.05, 4.69) is 20.3 Å². The SMILES string of the molecule is Cc1ccc(C(=O)N2CCN(c3ccc(-n4cncn4)nn3)CC2)cc1[N+](=O)[O-]. The predicted octanol–water partition coefficient (Wildman–Crippen LogP) is 1.24. The summed E-state index contributed by atoms with van der Waals surface area (Å²) in [6.45, 7) is 3.83. The summed E-state index contributed by atoms with van der Waals surface area (Å²) in [5.41, 5.74) is 0.814. The minimum Gasteiger partial charge on any atom is -0.352 e. The van der Waals surface area contributed by atoms with Crippen LogP contribution >= 0.6 is 0 Å². The third-order valence-electron chi connectivity index (χ3n) is 4.83. The fourth-order valence-corrected chi connectivity index (χ4v) is 3.20. The lowest BCUT2D eigenvalue weighted by molar-refractivity contribution is -0.385. The topological polar surface area (TPSA) is 123 Å². The van der Waals surface area contributed by atoms with E-state index in [1.165, 1.54) is 17.1 Å². The van der Waals surface area contributed by atoms with Crippen molar-refractivity contribution in [2.24, 2.45) is 0 Å². The molecule has 0 spiro atoms. The average Bonchev–Trinajstić information content (AvgIpc) is 3.29. The summed E-state index contributed by atoms with van der Waals surface area (Å²) in [5, 5.41) is 23.5. The fourth-order valence-electron chi connectivity index (χ4n) is 3.20. The molecule has 11 nitrogen and oxygen atoms in total. The van der Waals surface area contributed by atoms with Gasteiger partial charge in [0.25, 0.3) is 11.6 Å². The molecule has 1 saturated heterocycles. The summed E-state index contributed by atoms with van der Waals surface area (Å²) < 4.78 is 1.52. The van der Waals surface area contributed by atoms with Crippen LogP contribution in [0.25, 0.3) is 5.82 Å². The van der Waals surface area contributed by atoms with Crippen LogP contribution in [0.2, 0.25) is 0 Å². The van der Waals surface area contributed by atoms with Crippen LogP contribution < -0.4 is 4.90 Å². The van der Waals surface area contributed by atoms with Crippen LogP contribution in [0.15, 0.2) is 43.0 Å². The number of piperazine rings is 1. The van der Waals surface area contributed by atoms with Gasteiger partial charge in [-0.1, -0.05) is 6.07 Å². The van der Waals surface area contributed by atoms with Gasteiger partial charge in [-0.3, -0.25) is 14.9 Å². The number of amides is 1. The second kappa shape index (κ2) is 7.62. The van der Waals surface area contributed by atoms with Gasteiger partial charge >= 0.3 is 0 Å². The van der Waals surface area contributed by atoms with Gasteiger partial charge in [-0.2, -0.15) is 5.10 Å². The molecule has 1 fully saturated rings. The molecule has 3 heterocycles. The van der Waals surface area contributed by atoms with Crippen LogP contribution in [0.1, 0.15) is 15.9 Å². The number of hydrogen-bond acceptors (Lipinski definition) is 8. The summed E-state index contributed by atoms with van der Waals surface area (Å²) in [6, 6.07) is 8.24. The Morgan fingerprint density at radius 3 is 2.41 bits per heavy atom. The van der Waals surface area contributed by atoms with Crippen molar-refractivity contribution in [1.82, 2.24) is 29.9 Å². The molecule has 1 aromatic carbocycles. The monoisotopic (exact) mass is 394 g/mol. The highest BCUT2D eigenvalue weighted by Crippen LogP contribution is 2.21. The Kier molecular flexibility index (Phi) is 4.85. The fraction of sp³-hybridized carbons (Fsp3) is 0.278. The molecule has 1 amide bonds. The van der Waals surface area contributed by atoms with Crippen LogP contribution in [-0.4, -0.2) is 66.9 Å². The number of aryl methyl sites for hydroxylation is 1. The summed E-state index contributed by atoms with van der Waals surface area (Å²) in [4.78, 5) is 31.0. The highest BCUT2D eigenvalue weighted by atomic mass is 16.6. The van der Waals surface area contributed by atoms with Gasteiger partial charge in [-0.25, -0.2) is 9.67 Å². The van der Waals surface area contributed by atoms with Gasteiger partial charge in [0.05, 0.1) is 4.92 Å². The van der Waals surface area contributed by atoms with Crippen LogP contribution in [0.5, 0.6) is 0 Å². The first-order chi connectivity index (χ1) is 14.0. The first kappa shape index (κ1) is 18.5. The molecule has 0 radical (unpaired) electrons. The molecule has 4 rings (SSSR count). The summed E-state index contributed by atoms with van der Waals surface area (Å²) in [6.07, 6.45) is 2.97. The average molecular weight is 394 g/mol. The number of rotatable bonds is 4. The van der Waals surface area contributed by atoms with Gasteiger partial charge in [0.2, 0.25) is 0 Å². The number of benzene rings is 1. The van der Waals surface area contributed by atoms with Crippen molar-refractivity contribution in [3.63, 3.8) is 0 Å². The Balaban J connectivity index is 1.41. The second-order valence-corrected chi connectivity index (χ2v) is 6.63. The molecule has 3 aromatic rings. The van der Waals surface area contributed by atoms with Crippen LogP contribution in [0.3, 0.4) is 0 Å². The van der Waals surface area contributed by atoms with Gasteiger partial charge < -0.3 is 9.80 Å². The zero-order valence-electron chi connectivity index (χ0n) is 15.7. The van der Waals surface area contributed by atoms with Gasteiger partial charge in [-0.05, 0) is 25.1 Å². The van der Waals surface area contributed by atoms with E-state index in [0.29, 0.717) is 48.9 Å². The zero-order chi connectivity index (χ0) is 20.4. The van der Waals surface area contributed by atoms with Gasteiger partial charge in [0.1, 0.15) is 12.7 Å². The Morgan fingerprint density at radius 1 is 1.07 bits per heavy atom. The first-order valence-corrected chi connectivity index (χ1v) is 9.01. The Hall–Kier alpha value is -3.89. The molecule has 1 aliphatic rings. The molecule has 0 aliphatic carbocycles. The number of aromatic nitrogens is 5. The predicted molar refractivity (Wildman–Crippen MR) is 103 cm³/mol. The number of hydrogen-bond donors (Lipinski definition) is 0. The maximum absolute atomic E-state index is 12.7. The Morgan fingerprint density at radius 2 is 1.79 bits per heavy atom. The number of nitrogens with zero attached hydrogens (tertiary/aromatic N) is 8. The minimum absolute atomic E-state index is 0.0442. The molecule has 2 aromatic heterocycles. The third-order valence-corrected chi connectivity index (χ3v) is 4.83.